The summed E-state index contributed by atoms with van der Waals surface area (Å²) >= 11 is 3.11. The highest BCUT2D eigenvalue weighted by atomic mass is 79.9. The van der Waals surface area contributed by atoms with Gasteiger partial charge in [0.15, 0.2) is 0 Å². The van der Waals surface area contributed by atoms with Gasteiger partial charge in [-0.1, -0.05) is 15.9 Å². The number of nitrogens with two attached hydrogens (primary N) is 1. The van der Waals surface area contributed by atoms with Crippen LogP contribution in [0.1, 0.15) is 30.8 Å². The van der Waals surface area contributed by atoms with E-state index in [4.69, 9.17) is 14.8 Å². The van der Waals surface area contributed by atoms with E-state index in [2.05, 4.69) is 15.9 Å². The van der Waals surface area contributed by atoms with Gasteiger partial charge in [-0.3, -0.25) is 4.57 Å². The van der Waals surface area contributed by atoms with Crippen LogP contribution >= 0.6 is 23.5 Å². The van der Waals surface area contributed by atoms with Gasteiger partial charge in [-0.05, 0) is 37.6 Å². The number of halogens is 4. The lowest BCUT2D eigenvalue weighted by atomic mass is 10.1. The molecule has 0 aliphatic carbocycles. The largest absolute Gasteiger partial charge is 0.416 e. The normalized spacial score (nSPS) is 14.2. The third-order valence-electron chi connectivity index (χ3n) is 2.60. The average molecular weight is 390 g/mol. The summed E-state index contributed by atoms with van der Waals surface area (Å²) < 4.78 is 61.3. The molecule has 0 aromatic heterocycles. The Bertz CT molecular complexity index is 529. The van der Waals surface area contributed by atoms with E-state index in [0.717, 1.165) is 12.1 Å². The summed E-state index contributed by atoms with van der Waals surface area (Å²) in [5.41, 5.74) is 4.99. The Kier molecular flexibility index (Phi) is 6.43. The van der Waals surface area contributed by atoms with Gasteiger partial charge in [0.05, 0.1) is 18.8 Å². The van der Waals surface area contributed by atoms with Crippen LogP contribution in [0.4, 0.5) is 13.2 Å². The van der Waals surface area contributed by atoms with Gasteiger partial charge >= 0.3 is 13.8 Å². The van der Waals surface area contributed by atoms with Crippen LogP contribution in [0.25, 0.3) is 0 Å². The highest BCUT2D eigenvalue weighted by Crippen LogP contribution is 2.59. The fourth-order valence-corrected chi connectivity index (χ4v) is 4.01. The Morgan fingerprint density at radius 1 is 1.29 bits per heavy atom. The van der Waals surface area contributed by atoms with Crippen molar-refractivity contribution in [1.82, 2.24) is 0 Å². The van der Waals surface area contributed by atoms with E-state index in [1.807, 2.05) is 0 Å². The molecule has 9 heteroatoms. The van der Waals surface area contributed by atoms with E-state index in [0.29, 0.717) is 4.47 Å². The Morgan fingerprint density at radius 2 is 1.81 bits per heavy atom. The predicted octanol–water partition coefficient (Wildman–Crippen LogP) is 4.69. The first-order valence-corrected chi connectivity index (χ1v) is 8.57. The van der Waals surface area contributed by atoms with Gasteiger partial charge in [-0.15, -0.1) is 0 Å². The molecule has 0 saturated carbocycles. The first-order valence-electron chi connectivity index (χ1n) is 6.16. The number of hydrogen-bond acceptors (Lipinski definition) is 4. The maximum atomic E-state index is 12.8. The van der Waals surface area contributed by atoms with Crippen molar-refractivity contribution in [2.75, 3.05) is 13.2 Å². The quantitative estimate of drug-likeness (QED) is 0.716. The van der Waals surface area contributed by atoms with Crippen LogP contribution in [0, 0.1) is 0 Å². The molecular formula is C12H16BrF3NO3P. The molecule has 0 spiro atoms. The molecule has 1 atom stereocenters. The first-order chi connectivity index (χ1) is 9.65. The highest BCUT2D eigenvalue weighted by molar-refractivity contribution is 9.10. The van der Waals surface area contributed by atoms with Crippen molar-refractivity contribution in [2.45, 2.75) is 25.8 Å². The molecule has 0 bridgehead atoms. The molecule has 1 rings (SSSR count). The van der Waals surface area contributed by atoms with Crippen LogP contribution in [0.5, 0.6) is 0 Å². The molecule has 0 fully saturated rings. The Hall–Kier alpha value is -0.400. The van der Waals surface area contributed by atoms with Crippen LogP contribution in [-0.2, 0) is 19.8 Å². The highest BCUT2D eigenvalue weighted by Gasteiger charge is 2.37. The maximum Gasteiger partial charge on any atom is 0.416 e. The predicted molar refractivity (Wildman–Crippen MR) is 76.9 cm³/mol. The Labute approximate surface area is 129 Å². The molecule has 1 aromatic rings. The van der Waals surface area contributed by atoms with Gasteiger partial charge in [0.25, 0.3) is 0 Å². The summed E-state index contributed by atoms with van der Waals surface area (Å²) in [5.74, 6) is -1.31. The molecule has 0 amide bonds. The van der Waals surface area contributed by atoms with E-state index < -0.39 is 25.1 Å². The minimum absolute atomic E-state index is 0.0232. The number of alkyl halides is 3. The molecule has 1 aromatic carbocycles. The molecule has 2 N–H and O–H groups in total. The minimum atomic E-state index is -4.52. The van der Waals surface area contributed by atoms with Crippen LogP contribution in [0.3, 0.4) is 0 Å². The summed E-state index contributed by atoms with van der Waals surface area (Å²) in [6.07, 6.45) is -4.52. The average Bonchev–Trinajstić information content (AvgIpc) is 2.37. The maximum absolute atomic E-state index is 12.8. The Morgan fingerprint density at radius 3 is 2.24 bits per heavy atom. The van der Waals surface area contributed by atoms with Gasteiger partial charge in [0, 0.05) is 4.47 Å². The first kappa shape index (κ1) is 18.6. The van der Waals surface area contributed by atoms with Gasteiger partial charge in [0.1, 0.15) is 5.78 Å². The van der Waals surface area contributed by atoms with Crippen LogP contribution in [0.15, 0.2) is 22.7 Å². The zero-order chi connectivity index (χ0) is 16.3. The lowest BCUT2D eigenvalue weighted by Gasteiger charge is -2.24. The SMILES string of the molecule is CCOP(=O)(OCC)[C@H](N)c1cc(C(F)(F)F)ccc1Br. The molecule has 120 valence electrons. The lowest BCUT2D eigenvalue weighted by molar-refractivity contribution is -0.137. The van der Waals surface area contributed by atoms with Crippen molar-refractivity contribution in [3.8, 4) is 0 Å². The smallest absolute Gasteiger partial charge is 0.314 e. The molecular weight excluding hydrogens is 374 g/mol. The topological polar surface area (TPSA) is 61.5 Å². The van der Waals surface area contributed by atoms with Gasteiger partial charge in [-0.25, -0.2) is 0 Å². The molecule has 0 aliphatic heterocycles. The zero-order valence-corrected chi connectivity index (χ0v) is 14.0. The van der Waals surface area contributed by atoms with Crippen molar-refractivity contribution in [3.05, 3.63) is 33.8 Å². The summed E-state index contributed by atoms with van der Waals surface area (Å²) in [6.45, 7) is 3.34. The monoisotopic (exact) mass is 389 g/mol. The second-order valence-electron chi connectivity index (χ2n) is 4.05. The third kappa shape index (κ3) is 4.53. The van der Waals surface area contributed by atoms with E-state index >= 15 is 0 Å². The summed E-state index contributed by atoms with van der Waals surface area (Å²) in [6, 6.07) is 2.96. The van der Waals surface area contributed by atoms with Crippen molar-refractivity contribution in [1.29, 1.82) is 0 Å². The summed E-state index contributed by atoms with van der Waals surface area (Å²) in [7, 11) is -3.75. The van der Waals surface area contributed by atoms with Crippen LogP contribution < -0.4 is 5.73 Å². The summed E-state index contributed by atoms with van der Waals surface area (Å²) in [4.78, 5) is 0. The number of benzene rings is 1. The summed E-state index contributed by atoms with van der Waals surface area (Å²) in [5, 5.41) is 0. The van der Waals surface area contributed by atoms with E-state index in [1.54, 1.807) is 13.8 Å². The second-order valence-corrected chi connectivity index (χ2v) is 7.06. The van der Waals surface area contributed by atoms with Gasteiger partial charge < -0.3 is 14.8 Å². The number of rotatable bonds is 6. The van der Waals surface area contributed by atoms with Crippen molar-refractivity contribution >= 4 is 23.5 Å². The standard InChI is InChI=1S/C12H16BrF3NO3P/c1-3-19-21(18,20-4-2)11(17)9-7-8(12(14,15)16)5-6-10(9)13/h5-7,11H,3-4,17H2,1-2H3/t11-/m0/s1. The van der Waals surface area contributed by atoms with Crippen molar-refractivity contribution < 1.29 is 26.8 Å². The minimum Gasteiger partial charge on any atom is -0.314 e. The Balaban J connectivity index is 3.27. The third-order valence-corrected chi connectivity index (χ3v) is 5.52. The van der Waals surface area contributed by atoms with E-state index in [9.17, 15) is 17.7 Å². The molecule has 21 heavy (non-hydrogen) atoms. The van der Waals surface area contributed by atoms with E-state index in [1.165, 1.54) is 6.07 Å². The molecule has 0 radical (unpaired) electrons. The number of hydrogen-bond donors (Lipinski definition) is 1. The molecule has 4 nitrogen and oxygen atoms in total. The van der Waals surface area contributed by atoms with Crippen LogP contribution in [-0.4, -0.2) is 13.2 Å². The van der Waals surface area contributed by atoms with Crippen molar-refractivity contribution in [2.24, 2.45) is 5.73 Å². The lowest BCUT2D eigenvalue weighted by Crippen LogP contribution is -2.17. The van der Waals surface area contributed by atoms with Gasteiger partial charge in [0.2, 0.25) is 0 Å². The second kappa shape index (κ2) is 7.24. The van der Waals surface area contributed by atoms with Crippen LogP contribution in [0.2, 0.25) is 0 Å². The van der Waals surface area contributed by atoms with Crippen molar-refractivity contribution in [3.63, 3.8) is 0 Å². The molecule has 0 heterocycles. The molecule has 0 aliphatic rings. The fourth-order valence-electron chi connectivity index (χ4n) is 1.67. The molecule has 0 unspecified atom stereocenters. The molecule has 0 saturated heterocycles. The van der Waals surface area contributed by atoms with E-state index in [-0.39, 0.29) is 18.8 Å². The zero-order valence-electron chi connectivity index (χ0n) is 11.5. The fraction of sp³-hybridized carbons (Fsp3) is 0.500. The van der Waals surface area contributed by atoms with Gasteiger partial charge in [-0.2, -0.15) is 13.2 Å².